The molecular formula is C4H11NOS. The summed E-state index contributed by atoms with van der Waals surface area (Å²) in [6, 6.07) is 0. The quantitative estimate of drug-likeness (QED) is 0.549. The fraction of sp³-hybridized carbons (Fsp3) is 1.00. The summed E-state index contributed by atoms with van der Waals surface area (Å²) in [5.41, 5.74) is 0. The Morgan fingerprint density at radius 3 is 2.43 bits per heavy atom. The molecule has 0 aromatic rings. The first-order valence-electron chi connectivity index (χ1n) is 2.22. The summed E-state index contributed by atoms with van der Waals surface area (Å²) in [6.07, 6.45) is 1.71. The van der Waals surface area contributed by atoms with Crippen LogP contribution in [0.15, 0.2) is 0 Å². The van der Waals surface area contributed by atoms with E-state index in [0.717, 1.165) is 12.3 Å². The fourth-order valence-corrected chi connectivity index (χ4v) is 0.737. The second-order valence-electron chi connectivity index (χ2n) is 1.38. The van der Waals surface area contributed by atoms with Crippen LogP contribution in [0.1, 0.15) is 0 Å². The molecule has 2 nitrogen and oxygen atoms in total. The van der Waals surface area contributed by atoms with Crippen molar-refractivity contribution in [3.8, 4) is 0 Å². The summed E-state index contributed by atoms with van der Waals surface area (Å²) in [5, 5.41) is 2.91. The zero-order chi connectivity index (χ0) is 5.70. The Hall–Kier alpha value is 0.110. The van der Waals surface area contributed by atoms with Crippen molar-refractivity contribution in [1.29, 1.82) is 0 Å². The van der Waals surface area contributed by atoms with Crippen LogP contribution in [0.2, 0.25) is 0 Å². The zero-order valence-electron chi connectivity index (χ0n) is 4.73. The molecule has 0 radical (unpaired) electrons. The van der Waals surface area contributed by atoms with E-state index in [4.69, 9.17) is 0 Å². The third kappa shape index (κ3) is 6.11. The predicted octanol–water partition coefficient (Wildman–Crippen LogP) is -0.416. The molecule has 1 N–H and O–H groups in total. The molecular weight excluding hydrogens is 110 g/mol. The van der Waals surface area contributed by atoms with E-state index in [1.54, 1.807) is 6.26 Å². The summed E-state index contributed by atoms with van der Waals surface area (Å²) in [6.45, 7) is 0.850. The Bertz CT molecular complexity index is 64.7. The monoisotopic (exact) mass is 121 g/mol. The standard InChI is InChI=1S/C4H11NOS/c1-5-3-4-7(2)6/h5H,3-4H2,1-2H3/t7-/m0/s1. The average molecular weight is 121 g/mol. The zero-order valence-corrected chi connectivity index (χ0v) is 5.55. The Balaban J connectivity index is 2.82. The molecule has 0 saturated heterocycles. The lowest BCUT2D eigenvalue weighted by Gasteiger charge is -1.91. The average Bonchev–Trinajstić information content (AvgIpc) is 1.61. The summed E-state index contributed by atoms with van der Waals surface area (Å²) in [4.78, 5) is 0. The third-order valence-corrected chi connectivity index (χ3v) is 1.42. The molecule has 1 atom stereocenters. The first-order valence-corrected chi connectivity index (χ1v) is 3.94. The first kappa shape index (κ1) is 7.11. The lowest BCUT2D eigenvalue weighted by molar-refractivity contribution is 0.684. The molecule has 3 heteroatoms. The van der Waals surface area contributed by atoms with E-state index in [-0.39, 0.29) is 0 Å². The Morgan fingerprint density at radius 2 is 2.29 bits per heavy atom. The second kappa shape index (κ2) is 4.27. The molecule has 0 heterocycles. The van der Waals surface area contributed by atoms with Crippen LogP contribution in [0.5, 0.6) is 0 Å². The Kier molecular flexibility index (Phi) is 4.34. The van der Waals surface area contributed by atoms with E-state index in [1.165, 1.54) is 0 Å². The van der Waals surface area contributed by atoms with Crippen LogP contribution in [0.3, 0.4) is 0 Å². The summed E-state index contributed by atoms with van der Waals surface area (Å²) in [7, 11) is 1.23. The van der Waals surface area contributed by atoms with E-state index in [2.05, 4.69) is 5.32 Å². The summed E-state index contributed by atoms with van der Waals surface area (Å²) in [5.74, 6) is 0.760. The largest absolute Gasteiger partial charge is 0.319 e. The van der Waals surface area contributed by atoms with Gasteiger partial charge in [-0.1, -0.05) is 0 Å². The van der Waals surface area contributed by atoms with Crippen LogP contribution >= 0.6 is 0 Å². The molecule has 0 aliphatic rings. The molecule has 0 amide bonds. The maximum Gasteiger partial charge on any atom is 0.0357 e. The number of hydrogen-bond donors (Lipinski definition) is 1. The highest BCUT2D eigenvalue weighted by molar-refractivity contribution is 7.84. The highest BCUT2D eigenvalue weighted by Gasteiger charge is 1.84. The van der Waals surface area contributed by atoms with Crippen LogP contribution in [-0.2, 0) is 10.8 Å². The van der Waals surface area contributed by atoms with Gasteiger partial charge in [-0.2, -0.15) is 0 Å². The molecule has 0 spiro atoms. The maximum atomic E-state index is 10.3. The van der Waals surface area contributed by atoms with Crippen molar-refractivity contribution in [2.45, 2.75) is 0 Å². The molecule has 0 bridgehead atoms. The van der Waals surface area contributed by atoms with Crippen molar-refractivity contribution in [3.05, 3.63) is 0 Å². The van der Waals surface area contributed by atoms with E-state index in [9.17, 15) is 4.21 Å². The maximum absolute atomic E-state index is 10.3. The van der Waals surface area contributed by atoms with Gasteiger partial charge in [-0.25, -0.2) is 0 Å². The van der Waals surface area contributed by atoms with Crippen molar-refractivity contribution in [2.75, 3.05) is 25.6 Å². The van der Waals surface area contributed by atoms with E-state index >= 15 is 0 Å². The van der Waals surface area contributed by atoms with Gasteiger partial charge in [0.15, 0.2) is 0 Å². The van der Waals surface area contributed by atoms with Crippen molar-refractivity contribution < 1.29 is 4.21 Å². The third-order valence-electron chi connectivity index (χ3n) is 0.640. The molecule has 0 aliphatic heterocycles. The second-order valence-corrected chi connectivity index (χ2v) is 2.94. The van der Waals surface area contributed by atoms with Gasteiger partial charge in [0, 0.05) is 29.4 Å². The molecule has 0 aromatic carbocycles. The normalized spacial score (nSPS) is 14.0. The number of nitrogens with one attached hydrogen (secondary N) is 1. The van der Waals surface area contributed by atoms with Crippen LogP contribution in [0, 0.1) is 0 Å². The van der Waals surface area contributed by atoms with E-state index in [0.29, 0.717) is 0 Å². The minimum Gasteiger partial charge on any atom is -0.319 e. The van der Waals surface area contributed by atoms with Gasteiger partial charge in [0.05, 0.1) is 0 Å². The highest BCUT2D eigenvalue weighted by Crippen LogP contribution is 1.67. The van der Waals surface area contributed by atoms with Gasteiger partial charge in [0.1, 0.15) is 0 Å². The number of rotatable bonds is 3. The molecule has 0 unspecified atom stereocenters. The Morgan fingerprint density at radius 1 is 1.71 bits per heavy atom. The van der Waals surface area contributed by atoms with Gasteiger partial charge in [0.25, 0.3) is 0 Å². The van der Waals surface area contributed by atoms with E-state index in [1.807, 2.05) is 7.05 Å². The molecule has 0 saturated carbocycles. The highest BCUT2D eigenvalue weighted by atomic mass is 32.2. The fourth-order valence-electron chi connectivity index (χ4n) is 0.246. The van der Waals surface area contributed by atoms with Crippen LogP contribution in [0.4, 0.5) is 0 Å². The molecule has 0 rings (SSSR count). The van der Waals surface area contributed by atoms with Gasteiger partial charge >= 0.3 is 0 Å². The van der Waals surface area contributed by atoms with Crippen molar-refractivity contribution >= 4 is 10.8 Å². The first-order chi connectivity index (χ1) is 3.27. The van der Waals surface area contributed by atoms with Crippen molar-refractivity contribution in [3.63, 3.8) is 0 Å². The van der Waals surface area contributed by atoms with Crippen LogP contribution in [-0.4, -0.2) is 29.8 Å². The number of hydrogen-bond acceptors (Lipinski definition) is 2. The van der Waals surface area contributed by atoms with Gasteiger partial charge in [-0.3, -0.25) is 4.21 Å². The van der Waals surface area contributed by atoms with Gasteiger partial charge in [0.2, 0.25) is 0 Å². The van der Waals surface area contributed by atoms with E-state index < -0.39 is 10.8 Å². The van der Waals surface area contributed by atoms with Crippen molar-refractivity contribution in [2.24, 2.45) is 0 Å². The van der Waals surface area contributed by atoms with Crippen molar-refractivity contribution in [1.82, 2.24) is 5.32 Å². The van der Waals surface area contributed by atoms with Gasteiger partial charge in [-0.15, -0.1) is 0 Å². The minimum atomic E-state index is -0.628. The lowest BCUT2D eigenvalue weighted by atomic mass is 10.8. The minimum absolute atomic E-state index is 0.628. The SMILES string of the molecule is CNCC[S@](C)=O. The lowest BCUT2D eigenvalue weighted by Crippen LogP contribution is -2.14. The molecule has 0 fully saturated rings. The predicted molar refractivity (Wildman–Crippen MR) is 32.9 cm³/mol. The summed E-state index contributed by atoms with van der Waals surface area (Å²) < 4.78 is 10.3. The summed E-state index contributed by atoms with van der Waals surface area (Å²) >= 11 is 0. The smallest absolute Gasteiger partial charge is 0.0357 e. The topological polar surface area (TPSA) is 29.1 Å². The van der Waals surface area contributed by atoms with Gasteiger partial charge < -0.3 is 5.32 Å². The molecule has 0 aliphatic carbocycles. The molecule has 0 aromatic heterocycles. The van der Waals surface area contributed by atoms with Crippen LogP contribution in [0.25, 0.3) is 0 Å². The Labute approximate surface area is 46.8 Å². The van der Waals surface area contributed by atoms with Gasteiger partial charge in [-0.05, 0) is 7.05 Å². The van der Waals surface area contributed by atoms with Crippen LogP contribution < -0.4 is 5.32 Å². The molecule has 7 heavy (non-hydrogen) atoms. The molecule has 44 valence electrons.